The van der Waals surface area contributed by atoms with E-state index in [1.165, 1.54) is 4.80 Å². The molecule has 3 rings (SSSR count). The minimum atomic E-state index is -0.691. The minimum absolute atomic E-state index is 0.478. The van der Waals surface area contributed by atoms with Crippen molar-refractivity contribution < 1.29 is 4.79 Å². The molecule has 100 valence electrons. The second-order valence-corrected chi connectivity index (χ2v) is 4.73. The Kier molecular flexibility index (Phi) is 2.95. The number of rotatable bonds is 3. The lowest BCUT2D eigenvalue weighted by Crippen LogP contribution is -2.29. The molecule has 0 aliphatic carbocycles. The number of fused-ring (bicyclic) bond motifs is 1. The summed E-state index contributed by atoms with van der Waals surface area (Å²) in [6.07, 6.45) is 0. The highest BCUT2D eigenvalue weighted by molar-refractivity contribution is 5.82. The summed E-state index contributed by atoms with van der Waals surface area (Å²) >= 11 is 0. The van der Waals surface area contributed by atoms with Gasteiger partial charge in [0, 0.05) is 0 Å². The SMILES string of the molecule is Cc1ccc2nn([C@H](C(N)=O)c3ccccc3)nc2c1. The van der Waals surface area contributed by atoms with Crippen LogP contribution in [0, 0.1) is 6.92 Å². The van der Waals surface area contributed by atoms with Gasteiger partial charge in [-0.15, -0.1) is 0 Å². The fourth-order valence-electron chi connectivity index (χ4n) is 2.20. The van der Waals surface area contributed by atoms with E-state index < -0.39 is 11.9 Å². The summed E-state index contributed by atoms with van der Waals surface area (Å²) in [7, 11) is 0. The van der Waals surface area contributed by atoms with Crippen molar-refractivity contribution in [3.8, 4) is 0 Å². The van der Waals surface area contributed by atoms with Crippen LogP contribution in [-0.4, -0.2) is 20.9 Å². The molecule has 0 fully saturated rings. The fraction of sp³-hybridized carbons (Fsp3) is 0.133. The molecule has 0 aliphatic rings. The molecule has 0 spiro atoms. The van der Waals surface area contributed by atoms with E-state index in [-0.39, 0.29) is 0 Å². The number of hydrogen-bond acceptors (Lipinski definition) is 3. The van der Waals surface area contributed by atoms with Gasteiger partial charge in [-0.2, -0.15) is 15.0 Å². The van der Waals surface area contributed by atoms with Crippen LogP contribution in [0.15, 0.2) is 48.5 Å². The molecule has 0 saturated carbocycles. The lowest BCUT2D eigenvalue weighted by molar-refractivity contribution is -0.120. The molecule has 1 amide bonds. The number of aryl methyl sites for hydroxylation is 1. The average Bonchev–Trinajstić information content (AvgIpc) is 2.82. The highest BCUT2D eigenvalue weighted by Crippen LogP contribution is 2.19. The maximum Gasteiger partial charge on any atom is 0.248 e. The van der Waals surface area contributed by atoms with Crippen molar-refractivity contribution in [2.75, 3.05) is 0 Å². The second kappa shape index (κ2) is 4.77. The standard InChI is InChI=1S/C15H14N4O/c1-10-7-8-12-13(9-10)18-19(17-12)14(15(16)20)11-5-3-2-4-6-11/h2-9,14H,1H3,(H2,16,20)/t14-/m0/s1. The van der Waals surface area contributed by atoms with Crippen molar-refractivity contribution in [2.45, 2.75) is 13.0 Å². The van der Waals surface area contributed by atoms with Crippen LogP contribution >= 0.6 is 0 Å². The maximum absolute atomic E-state index is 11.8. The van der Waals surface area contributed by atoms with E-state index in [0.29, 0.717) is 0 Å². The van der Waals surface area contributed by atoms with Gasteiger partial charge in [-0.25, -0.2) is 0 Å². The largest absolute Gasteiger partial charge is 0.367 e. The first-order chi connectivity index (χ1) is 9.65. The number of primary amides is 1. The fourth-order valence-corrected chi connectivity index (χ4v) is 2.20. The Labute approximate surface area is 116 Å². The van der Waals surface area contributed by atoms with Gasteiger partial charge in [-0.05, 0) is 30.2 Å². The quantitative estimate of drug-likeness (QED) is 0.785. The topological polar surface area (TPSA) is 73.8 Å². The summed E-state index contributed by atoms with van der Waals surface area (Å²) in [5.41, 5.74) is 8.89. The van der Waals surface area contributed by atoms with Gasteiger partial charge in [0.05, 0.1) is 0 Å². The Hall–Kier alpha value is -2.69. The van der Waals surface area contributed by atoms with Crippen LogP contribution < -0.4 is 5.73 Å². The molecule has 0 radical (unpaired) electrons. The minimum Gasteiger partial charge on any atom is -0.367 e. The van der Waals surface area contributed by atoms with Gasteiger partial charge in [0.2, 0.25) is 5.91 Å². The van der Waals surface area contributed by atoms with Crippen molar-refractivity contribution in [2.24, 2.45) is 5.73 Å². The third-order valence-electron chi connectivity index (χ3n) is 3.17. The zero-order chi connectivity index (χ0) is 14.1. The van der Waals surface area contributed by atoms with E-state index in [1.807, 2.05) is 55.5 Å². The predicted octanol–water partition coefficient (Wildman–Crippen LogP) is 1.81. The molecular formula is C15H14N4O. The summed E-state index contributed by atoms with van der Waals surface area (Å²) in [6, 6.07) is 14.4. The maximum atomic E-state index is 11.8. The molecule has 0 aliphatic heterocycles. The molecule has 0 bridgehead atoms. The number of carbonyl (C=O) groups excluding carboxylic acids is 1. The molecule has 5 heteroatoms. The third kappa shape index (κ3) is 2.14. The molecule has 5 nitrogen and oxygen atoms in total. The predicted molar refractivity (Wildman–Crippen MR) is 76.0 cm³/mol. The number of hydrogen-bond donors (Lipinski definition) is 1. The van der Waals surface area contributed by atoms with E-state index in [0.717, 1.165) is 22.2 Å². The normalized spacial score (nSPS) is 12.4. The van der Waals surface area contributed by atoms with Crippen LogP contribution in [-0.2, 0) is 4.79 Å². The molecule has 0 saturated heterocycles. The number of nitrogens with two attached hydrogens (primary N) is 1. The molecule has 20 heavy (non-hydrogen) atoms. The zero-order valence-electron chi connectivity index (χ0n) is 11.0. The van der Waals surface area contributed by atoms with Crippen LogP contribution in [0.5, 0.6) is 0 Å². The van der Waals surface area contributed by atoms with Crippen molar-refractivity contribution >= 4 is 16.9 Å². The number of nitrogens with zero attached hydrogens (tertiary/aromatic N) is 3. The Bertz CT molecular complexity index is 764. The van der Waals surface area contributed by atoms with Gasteiger partial charge in [0.25, 0.3) is 0 Å². The van der Waals surface area contributed by atoms with E-state index >= 15 is 0 Å². The zero-order valence-corrected chi connectivity index (χ0v) is 11.0. The summed E-state index contributed by atoms with van der Waals surface area (Å²) in [4.78, 5) is 13.2. The van der Waals surface area contributed by atoms with Gasteiger partial charge in [0.1, 0.15) is 11.0 Å². The molecule has 1 aromatic heterocycles. The highest BCUT2D eigenvalue weighted by atomic mass is 16.1. The molecule has 3 aromatic rings. The average molecular weight is 266 g/mol. The van der Waals surface area contributed by atoms with E-state index in [2.05, 4.69) is 10.2 Å². The molecule has 1 atom stereocenters. The Balaban J connectivity index is 2.13. The van der Waals surface area contributed by atoms with E-state index in [9.17, 15) is 4.79 Å². The van der Waals surface area contributed by atoms with Crippen molar-refractivity contribution in [3.63, 3.8) is 0 Å². The van der Waals surface area contributed by atoms with Crippen LogP contribution in [0.3, 0.4) is 0 Å². The Morgan fingerprint density at radius 1 is 1.10 bits per heavy atom. The van der Waals surface area contributed by atoms with Crippen molar-refractivity contribution in [3.05, 3.63) is 59.7 Å². The number of carbonyl (C=O) groups is 1. The molecular weight excluding hydrogens is 252 g/mol. The molecule has 1 heterocycles. The van der Waals surface area contributed by atoms with Crippen LogP contribution in [0.2, 0.25) is 0 Å². The van der Waals surface area contributed by atoms with Crippen LogP contribution in [0.25, 0.3) is 11.0 Å². The lowest BCUT2D eigenvalue weighted by Gasteiger charge is -2.12. The van der Waals surface area contributed by atoms with Crippen LogP contribution in [0.1, 0.15) is 17.2 Å². The van der Waals surface area contributed by atoms with Gasteiger partial charge < -0.3 is 5.73 Å². The Morgan fingerprint density at radius 3 is 2.50 bits per heavy atom. The summed E-state index contributed by atoms with van der Waals surface area (Å²) in [5, 5.41) is 8.73. The number of aromatic nitrogens is 3. The van der Waals surface area contributed by atoms with Gasteiger partial charge >= 0.3 is 0 Å². The van der Waals surface area contributed by atoms with Gasteiger partial charge in [-0.3, -0.25) is 4.79 Å². The smallest absolute Gasteiger partial charge is 0.248 e. The van der Waals surface area contributed by atoms with Gasteiger partial charge in [0.15, 0.2) is 6.04 Å². The number of benzene rings is 2. The van der Waals surface area contributed by atoms with Crippen molar-refractivity contribution in [1.82, 2.24) is 15.0 Å². The lowest BCUT2D eigenvalue weighted by atomic mass is 10.1. The summed E-state index contributed by atoms with van der Waals surface area (Å²) in [6.45, 7) is 1.99. The Morgan fingerprint density at radius 2 is 1.80 bits per heavy atom. The van der Waals surface area contributed by atoms with E-state index in [1.54, 1.807) is 0 Å². The molecule has 0 unspecified atom stereocenters. The molecule has 2 aromatic carbocycles. The first-order valence-electron chi connectivity index (χ1n) is 6.32. The number of amides is 1. The first-order valence-corrected chi connectivity index (χ1v) is 6.32. The second-order valence-electron chi connectivity index (χ2n) is 4.73. The van der Waals surface area contributed by atoms with Crippen LogP contribution in [0.4, 0.5) is 0 Å². The summed E-state index contributed by atoms with van der Waals surface area (Å²) in [5.74, 6) is -0.478. The van der Waals surface area contributed by atoms with E-state index in [4.69, 9.17) is 5.73 Å². The van der Waals surface area contributed by atoms with Gasteiger partial charge in [-0.1, -0.05) is 36.4 Å². The first kappa shape index (κ1) is 12.3. The monoisotopic (exact) mass is 266 g/mol. The highest BCUT2D eigenvalue weighted by Gasteiger charge is 2.22. The molecule has 2 N–H and O–H groups in total. The van der Waals surface area contributed by atoms with Crippen molar-refractivity contribution in [1.29, 1.82) is 0 Å². The summed E-state index contributed by atoms with van der Waals surface area (Å²) < 4.78 is 0. The third-order valence-corrected chi connectivity index (χ3v) is 3.17.